The summed E-state index contributed by atoms with van der Waals surface area (Å²) in [5.74, 6) is 1.53. The minimum absolute atomic E-state index is 0.163. The van der Waals surface area contributed by atoms with Crippen molar-refractivity contribution in [1.29, 1.82) is 0 Å². The fraction of sp³-hybridized carbons (Fsp3) is 0.333. The van der Waals surface area contributed by atoms with Crippen molar-refractivity contribution in [3.05, 3.63) is 58.3 Å². The molecule has 0 saturated heterocycles. The Morgan fingerprint density at radius 2 is 1.94 bits per heavy atom. The van der Waals surface area contributed by atoms with Gasteiger partial charge in [0.05, 0.1) is 0 Å². The van der Waals surface area contributed by atoms with Crippen LogP contribution in [0, 0.1) is 26.6 Å². The van der Waals surface area contributed by atoms with Gasteiger partial charge in [0.25, 0.3) is 0 Å². The van der Waals surface area contributed by atoms with E-state index < -0.39 is 0 Å². The van der Waals surface area contributed by atoms with Crippen molar-refractivity contribution in [3.63, 3.8) is 0 Å². The molecule has 0 aliphatic rings. The summed E-state index contributed by atoms with van der Waals surface area (Å²) in [4.78, 5) is 0. The van der Waals surface area contributed by atoms with Crippen molar-refractivity contribution in [2.45, 2.75) is 33.2 Å². The van der Waals surface area contributed by atoms with Gasteiger partial charge in [-0.3, -0.25) is 0 Å². The van der Waals surface area contributed by atoms with Gasteiger partial charge in [0.2, 0.25) is 0 Å². The second-order valence-electron chi connectivity index (χ2n) is 4.69. The molecule has 2 N–H and O–H groups in total. The SMILES string of the molecule is Cc1oc(C)c(C(N)Cc2cccc(F)c2)c1C. The van der Waals surface area contributed by atoms with Crippen LogP contribution in [-0.2, 0) is 6.42 Å². The highest BCUT2D eigenvalue weighted by Crippen LogP contribution is 2.27. The van der Waals surface area contributed by atoms with Gasteiger partial charge in [0.15, 0.2) is 0 Å². The van der Waals surface area contributed by atoms with E-state index in [-0.39, 0.29) is 11.9 Å². The Kier molecular flexibility index (Phi) is 3.53. The zero-order valence-electron chi connectivity index (χ0n) is 11.0. The average Bonchev–Trinajstić information content (AvgIpc) is 2.53. The number of aryl methyl sites for hydroxylation is 2. The van der Waals surface area contributed by atoms with E-state index in [4.69, 9.17) is 10.2 Å². The monoisotopic (exact) mass is 247 g/mol. The zero-order valence-corrected chi connectivity index (χ0v) is 11.0. The Hall–Kier alpha value is -1.61. The molecule has 0 radical (unpaired) electrons. The first kappa shape index (κ1) is 12.8. The van der Waals surface area contributed by atoms with Gasteiger partial charge in [-0.2, -0.15) is 0 Å². The van der Waals surface area contributed by atoms with Crippen molar-refractivity contribution in [3.8, 4) is 0 Å². The van der Waals surface area contributed by atoms with Crippen LogP contribution in [0.5, 0.6) is 0 Å². The molecule has 0 aliphatic heterocycles. The fourth-order valence-electron chi connectivity index (χ4n) is 2.37. The summed E-state index contributed by atoms with van der Waals surface area (Å²) in [5, 5.41) is 0. The lowest BCUT2D eigenvalue weighted by Crippen LogP contribution is -2.15. The summed E-state index contributed by atoms with van der Waals surface area (Å²) < 4.78 is 18.7. The Morgan fingerprint density at radius 1 is 1.22 bits per heavy atom. The Balaban J connectivity index is 2.24. The maximum atomic E-state index is 13.1. The van der Waals surface area contributed by atoms with Crippen LogP contribution in [0.4, 0.5) is 4.39 Å². The van der Waals surface area contributed by atoms with Gasteiger partial charge in [0, 0.05) is 11.6 Å². The molecule has 2 rings (SSSR count). The van der Waals surface area contributed by atoms with Crippen LogP contribution in [0.25, 0.3) is 0 Å². The van der Waals surface area contributed by atoms with Gasteiger partial charge in [-0.25, -0.2) is 4.39 Å². The van der Waals surface area contributed by atoms with Gasteiger partial charge < -0.3 is 10.2 Å². The molecule has 0 amide bonds. The molecule has 0 spiro atoms. The molecule has 2 nitrogen and oxygen atoms in total. The van der Waals surface area contributed by atoms with E-state index in [1.54, 1.807) is 6.07 Å². The lowest BCUT2D eigenvalue weighted by Gasteiger charge is -2.12. The first-order valence-corrected chi connectivity index (χ1v) is 6.05. The average molecular weight is 247 g/mol. The van der Waals surface area contributed by atoms with E-state index in [1.807, 2.05) is 26.8 Å². The normalized spacial score (nSPS) is 12.7. The van der Waals surface area contributed by atoms with E-state index in [0.717, 1.165) is 28.2 Å². The van der Waals surface area contributed by atoms with Crippen molar-refractivity contribution in [2.24, 2.45) is 5.73 Å². The molecule has 1 atom stereocenters. The highest BCUT2D eigenvalue weighted by atomic mass is 19.1. The van der Waals surface area contributed by atoms with Crippen LogP contribution in [0.3, 0.4) is 0 Å². The summed E-state index contributed by atoms with van der Waals surface area (Å²) in [6, 6.07) is 6.40. The smallest absolute Gasteiger partial charge is 0.123 e. The summed E-state index contributed by atoms with van der Waals surface area (Å²) in [6.45, 7) is 5.86. The quantitative estimate of drug-likeness (QED) is 0.900. The van der Waals surface area contributed by atoms with Crippen LogP contribution < -0.4 is 5.73 Å². The number of nitrogens with two attached hydrogens (primary N) is 1. The van der Waals surface area contributed by atoms with E-state index in [2.05, 4.69) is 0 Å². The molecular formula is C15H18FNO. The van der Waals surface area contributed by atoms with Crippen molar-refractivity contribution in [2.75, 3.05) is 0 Å². The van der Waals surface area contributed by atoms with Crippen molar-refractivity contribution < 1.29 is 8.81 Å². The van der Waals surface area contributed by atoms with Gasteiger partial charge in [-0.1, -0.05) is 12.1 Å². The molecule has 1 aromatic heterocycles. The summed E-state index contributed by atoms with van der Waals surface area (Å²) in [7, 11) is 0. The highest BCUT2D eigenvalue weighted by molar-refractivity contribution is 5.35. The second-order valence-corrected chi connectivity index (χ2v) is 4.69. The van der Waals surface area contributed by atoms with Gasteiger partial charge in [-0.05, 0) is 50.5 Å². The van der Waals surface area contributed by atoms with Gasteiger partial charge in [-0.15, -0.1) is 0 Å². The minimum Gasteiger partial charge on any atom is -0.466 e. The maximum absolute atomic E-state index is 13.1. The Morgan fingerprint density at radius 3 is 2.50 bits per heavy atom. The van der Waals surface area contributed by atoms with Crippen LogP contribution in [0.1, 0.15) is 34.3 Å². The van der Waals surface area contributed by atoms with Crippen LogP contribution in [0.15, 0.2) is 28.7 Å². The van der Waals surface area contributed by atoms with E-state index in [1.165, 1.54) is 12.1 Å². The predicted octanol–water partition coefficient (Wildman–Crippen LogP) is 3.59. The van der Waals surface area contributed by atoms with Crippen LogP contribution in [0.2, 0.25) is 0 Å². The van der Waals surface area contributed by atoms with Gasteiger partial charge >= 0.3 is 0 Å². The first-order valence-electron chi connectivity index (χ1n) is 6.05. The topological polar surface area (TPSA) is 39.2 Å². The molecule has 3 heteroatoms. The number of halogens is 1. The van der Waals surface area contributed by atoms with Crippen LogP contribution in [-0.4, -0.2) is 0 Å². The summed E-state index contributed by atoms with van der Waals surface area (Å²) in [5.41, 5.74) is 9.25. The lowest BCUT2D eigenvalue weighted by atomic mass is 9.96. The van der Waals surface area contributed by atoms with Crippen LogP contribution >= 0.6 is 0 Å². The molecule has 1 aromatic carbocycles. The number of furan rings is 1. The summed E-state index contributed by atoms with van der Waals surface area (Å²) >= 11 is 0. The third kappa shape index (κ3) is 2.46. The Labute approximate surface area is 107 Å². The number of rotatable bonds is 3. The standard InChI is InChI=1S/C15H18FNO/c1-9-10(2)18-11(3)15(9)14(17)8-12-5-4-6-13(16)7-12/h4-7,14H,8,17H2,1-3H3. The number of hydrogen-bond donors (Lipinski definition) is 1. The molecule has 0 saturated carbocycles. The molecule has 0 aliphatic carbocycles. The maximum Gasteiger partial charge on any atom is 0.123 e. The lowest BCUT2D eigenvalue weighted by molar-refractivity contribution is 0.496. The number of hydrogen-bond acceptors (Lipinski definition) is 2. The molecule has 0 fully saturated rings. The fourth-order valence-corrected chi connectivity index (χ4v) is 2.37. The largest absolute Gasteiger partial charge is 0.466 e. The second kappa shape index (κ2) is 4.94. The molecule has 1 unspecified atom stereocenters. The van der Waals surface area contributed by atoms with Crippen molar-refractivity contribution in [1.82, 2.24) is 0 Å². The first-order chi connectivity index (χ1) is 8.49. The molecular weight excluding hydrogens is 229 g/mol. The molecule has 2 aromatic rings. The molecule has 18 heavy (non-hydrogen) atoms. The number of benzene rings is 1. The predicted molar refractivity (Wildman–Crippen MR) is 70.0 cm³/mol. The Bertz CT molecular complexity index is 560. The zero-order chi connectivity index (χ0) is 13.3. The third-order valence-electron chi connectivity index (χ3n) is 3.33. The minimum atomic E-state index is -0.225. The summed E-state index contributed by atoms with van der Waals surface area (Å²) in [6.07, 6.45) is 0.610. The molecule has 1 heterocycles. The van der Waals surface area contributed by atoms with E-state index in [0.29, 0.717) is 6.42 Å². The molecule has 96 valence electrons. The third-order valence-corrected chi connectivity index (χ3v) is 3.33. The van der Waals surface area contributed by atoms with E-state index >= 15 is 0 Å². The van der Waals surface area contributed by atoms with Gasteiger partial charge in [0.1, 0.15) is 17.3 Å². The highest BCUT2D eigenvalue weighted by Gasteiger charge is 2.18. The van der Waals surface area contributed by atoms with E-state index in [9.17, 15) is 4.39 Å². The van der Waals surface area contributed by atoms with Crippen molar-refractivity contribution >= 4 is 0 Å². The molecule has 0 bridgehead atoms.